The summed E-state index contributed by atoms with van der Waals surface area (Å²) < 4.78 is 0. The zero-order valence-electron chi connectivity index (χ0n) is 7.10. The average Bonchev–Trinajstić information content (AvgIpc) is 2.03. The second-order valence-electron chi connectivity index (χ2n) is 3.23. The van der Waals surface area contributed by atoms with E-state index >= 15 is 0 Å². The highest BCUT2D eigenvalue weighted by Crippen LogP contribution is 2.28. The highest BCUT2D eigenvalue weighted by molar-refractivity contribution is 7.99. The highest BCUT2D eigenvalue weighted by atomic mass is 32.2. The second kappa shape index (κ2) is 4.33. The predicted molar refractivity (Wildman–Crippen MR) is 50.1 cm³/mol. The van der Waals surface area contributed by atoms with Crippen LogP contribution in [-0.2, 0) is 0 Å². The van der Waals surface area contributed by atoms with Crippen molar-refractivity contribution in [1.82, 2.24) is 5.32 Å². The molecule has 1 heterocycles. The fraction of sp³-hybridized carbons (Fsp3) is 1.00. The van der Waals surface area contributed by atoms with Crippen molar-refractivity contribution in [2.24, 2.45) is 0 Å². The number of aliphatic hydroxyl groups is 1. The van der Waals surface area contributed by atoms with Crippen molar-refractivity contribution in [1.29, 1.82) is 0 Å². The van der Waals surface area contributed by atoms with Crippen molar-refractivity contribution in [2.45, 2.75) is 24.9 Å². The summed E-state index contributed by atoms with van der Waals surface area (Å²) in [6, 6.07) is 0. The first kappa shape index (κ1) is 9.36. The van der Waals surface area contributed by atoms with Crippen LogP contribution in [-0.4, -0.2) is 35.8 Å². The molecule has 0 bridgehead atoms. The average molecular weight is 175 g/mol. The Kier molecular flexibility index (Phi) is 3.69. The van der Waals surface area contributed by atoms with Gasteiger partial charge >= 0.3 is 0 Å². The molecule has 0 aliphatic carbocycles. The molecule has 3 heteroatoms. The molecule has 0 amide bonds. The van der Waals surface area contributed by atoms with E-state index in [1.54, 1.807) is 0 Å². The Labute approximate surface area is 72.8 Å². The molecular weight excluding hydrogens is 158 g/mol. The van der Waals surface area contributed by atoms with E-state index in [0.717, 1.165) is 25.1 Å². The van der Waals surface area contributed by atoms with Gasteiger partial charge in [0.25, 0.3) is 0 Å². The maximum atomic E-state index is 9.94. The van der Waals surface area contributed by atoms with Crippen molar-refractivity contribution in [3.8, 4) is 0 Å². The third-order valence-corrected chi connectivity index (χ3v) is 3.46. The molecule has 1 aliphatic heterocycles. The second-order valence-corrected chi connectivity index (χ2v) is 4.34. The van der Waals surface area contributed by atoms with Crippen LogP contribution in [0, 0.1) is 0 Å². The summed E-state index contributed by atoms with van der Waals surface area (Å²) in [6.07, 6.45) is 3.06. The first-order chi connectivity index (χ1) is 5.27. The van der Waals surface area contributed by atoms with Crippen LogP contribution in [0.3, 0.4) is 0 Å². The smallest absolute Gasteiger partial charge is 0.0750 e. The Balaban J connectivity index is 2.25. The summed E-state index contributed by atoms with van der Waals surface area (Å²) in [4.78, 5) is 0. The lowest BCUT2D eigenvalue weighted by atomic mass is 9.96. The fourth-order valence-electron chi connectivity index (χ4n) is 1.39. The summed E-state index contributed by atoms with van der Waals surface area (Å²) in [5.41, 5.74) is -0.369. The van der Waals surface area contributed by atoms with E-state index in [1.165, 1.54) is 12.2 Å². The predicted octanol–water partition coefficient (Wildman–Crippen LogP) is 0.854. The lowest BCUT2D eigenvalue weighted by Crippen LogP contribution is -2.37. The first-order valence-electron chi connectivity index (χ1n) is 4.22. The Morgan fingerprint density at radius 3 is 3.00 bits per heavy atom. The van der Waals surface area contributed by atoms with Gasteiger partial charge in [-0.05, 0) is 38.6 Å². The van der Waals surface area contributed by atoms with E-state index in [-0.39, 0.29) is 5.60 Å². The molecule has 0 radical (unpaired) electrons. The standard InChI is InChI=1S/C8H17NOS/c1-9-5-4-8(10)3-2-6-11-7-8/h9-10H,2-7H2,1H3. The summed E-state index contributed by atoms with van der Waals surface area (Å²) >= 11 is 1.87. The molecule has 1 unspecified atom stereocenters. The molecule has 2 N–H and O–H groups in total. The molecule has 66 valence electrons. The van der Waals surface area contributed by atoms with E-state index < -0.39 is 0 Å². The minimum Gasteiger partial charge on any atom is -0.389 e. The Hall–Kier alpha value is 0.270. The van der Waals surface area contributed by atoms with E-state index in [9.17, 15) is 5.11 Å². The number of rotatable bonds is 3. The Morgan fingerprint density at radius 1 is 1.64 bits per heavy atom. The van der Waals surface area contributed by atoms with Crippen LogP contribution in [0.4, 0.5) is 0 Å². The quantitative estimate of drug-likeness (QED) is 0.667. The molecule has 0 aromatic rings. The SMILES string of the molecule is CNCCC1(O)CCCSC1. The van der Waals surface area contributed by atoms with Gasteiger partial charge in [0, 0.05) is 5.75 Å². The van der Waals surface area contributed by atoms with Gasteiger partial charge in [0.15, 0.2) is 0 Å². The van der Waals surface area contributed by atoms with Gasteiger partial charge in [-0.3, -0.25) is 0 Å². The van der Waals surface area contributed by atoms with Crippen molar-refractivity contribution in [3.63, 3.8) is 0 Å². The number of thioether (sulfide) groups is 1. The summed E-state index contributed by atoms with van der Waals surface area (Å²) in [5, 5.41) is 13.0. The molecule has 0 aromatic heterocycles. The molecule has 1 fully saturated rings. The fourth-order valence-corrected chi connectivity index (χ4v) is 2.55. The Bertz CT molecular complexity index is 113. The van der Waals surface area contributed by atoms with Gasteiger partial charge in [-0.2, -0.15) is 11.8 Å². The van der Waals surface area contributed by atoms with Crippen molar-refractivity contribution < 1.29 is 5.11 Å². The van der Waals surface area contributed by atoms with E-state index in [2.05, 4.69) is 5.32 Å². The van der Waals surface area contributed by atoms with E-state index in [1.807, 2.05) is 18.8 Å². The van der Waals surface area contributed by atoms with Gasteiger partial charge in [-0.15, -0.1) is 0 Å². The minimum absolute atomic E-state index is 0.369. The summed E-state index contributed by atoms with van der Waals surface area (Å²) in [7, 11) is 1.93. The van der Waals surface area contributed by atoms with Gasteiger partial charge in [-0.1, -0.05) is 0 Å². The minimum atomic E-state index is -0.369. The molecule has 11 heavy (non-hydrogen) atoms. The van der Waals surface area contributed by atoms with Gasteiger partial charge in [0.2, 0.25) is 0 Å². The third kappa shape index (κ3) is 3.01. The molecule has 2 nitrogen and oxygen atoms in total. The molecular formula is C8H17NOS. The van der Waals surface area contributed by atoms with E-state index in [4.69, 9.17) is 0 Å². The van der Waals surface area contributed by atoms with Crippen LogP contribution in [0.2, 0.25) is 0 Å². The van der Waals surface area contributed by atoms with Gasteiger partial charge in [0.05, 0.1) is 5.60 Å². The first-order valence-corrected chi connectivity index (χ1v) is 5.37. The van der Waals surface area contributed by atoms with Gasteiger partial charge < -0.3 is 10.4 Å². The zero-order valence-corrected chi connectivity index (χ0v) is 7.91. The van der Waals surface area contributed by atoms with Gasteiger partial charge in [0.1, 0.15) is 0 Å². The molecule has 1 atom stereocenters. The number of hydrogen-bond donors (Lipinski definition) is 2. The molecule has 0 spiro atoms. The van der Waals surface area contributed by atoms with Gasteiger partial charge in [-0.25, -0.2) is 0 Å². The molecule has 1 rings (SSSR count). The van der Waals surface area contributed by atoms with Crippen LogP contribution in [0.5, 0.6) is 0 Å². The highest BCUT2D eigenvalue weighted by Gasteiger charge is 2.28. The van der Waals surface area contributed by atoms with Crippen LogP contribution >= 0.6 is 11.8 Å². The monoisotopic (exact) mass is 175 g/mol. The summed E-state index contributed by atoms with van der Waals surface area (Å²) in [5.74, 6) is 2.15. The van der Waals surface area contributed by atoms with E-state index in [0.29, 0.717) is 0 Å². The van der Waals surface area contributed by atoms with Crippen LogP contribution in [0.1, 0.15) is 19.3 Å². The number of nitrogens with one attached hydrogen (secondary N) is 1. The zero-order chi connectivity index (χ0) is 8.16. The maximum absolute atomic E-state index is 9.94. The maximum Gasteiger partial charge on any atom is 0.0750 e. The molecule has 1 aliphatic rings. The van der Waals surface area contributed by atoms with Crippen LogP contribution in [0.15, 0.2) is 0 Å². The normalized spacial score (nSPS) is 32.2. The lowest BCUT2D eigenvalue weighted by Gasteiger charge is -2.31. The lowest BCUT2D eigenvalue weighted by molar-refractivity contribution is 0.0445. The topological polar surface area (TPSA) is 32.3 Å². The van der Waals surface area contributed by atoms with Crippen molar-refractivity contribution >= 4 is 11.8 Å². The third-order valence-electron chi connectivity index (χ3n) is 2.14. The van der Waals surface area contributed by atoms with Crippen LogP contribution in [0.25, 0.3) is 0 Å². The molecule has 1 saturated heterocycles. The summed E-state index contributed by atoms with van der Waals surface area (Å²) in [6.45, 7) is 0.928. The van der Waals surface area contributed by atoms with Crippen LogP contribution < -0.4 is 5.32 Å². The largest absolute Gasteiger partial charge is 0.389 e. The van der Waals surface area contributed by atoms with Crippen molar-refractivity contribution in [3.05, 3.63) is 0 Å². The number of hydrogen-bond acceptors (Lipinski definition) is 3. The Morgan fingerprint density at radius 2 is 2.45 bits per heavy atom. The molecule has 0 aromatic carbocycles. The van der Waals surface area contributed by atoms with Crippen molar-refractivity contribution in [2.75, 3.05) is 25.1 Å². The molecule has 0 saturated carbocycles.